The van der Waals surface area contributed by atoms with E-state index in [1.54, 1.807) is 19.4 Å². The van der Waals surface area contributed by atoms with Gasteiger partial charge < -0.3 is 9.84 Å². The van der Waals surface area contributed by atoms with Gasteiger partial charge in [-0.2, -0.15) is 0 Å². The van der Waals surface area contributed by atoms with Crippen molar-refractivity contribution >= 4 is 6.21 Å². The summed E-state index contributed by atoms with van der Waals surface area (Å²) in [6, 6.07) is 14.2. The molecule has 1 aliphatic rings. The molecule has 0 spiro atoms. The first-order valence-electron chi connectivity index (χ1n) is 7.25. The maximum Gasteiger partial charge on any atom is 0.124 e. The van der Waals surface area contributed by atoms with Crippen molar-refractivity contribution < 1.29 is 14.2 Å². The molecule has 114 valence electrons. The Morgan fingerprint density at radius 2 is 2.09 bits per heavy atom. The maximum atomic E-state index is 13.7. The van der Waals surface area contributed by atoms with Gasteiger partial charge in [-0.1, -0.05) is 30.3 Å². The minimum atomic E-state index is -0.599. The molecule has 0 aromatic heterocycles. The van der Waals surface area contributed by atoms with Crippen molar-refractivity contribution in [3.63, 3.8) is 0 Å². The van der Waals surface area contributed by atoms with Gasteiger partial charge in [0.15, 0.2) is 0 Å². The summed E-state index contributed by atoms with van der Waals surface area (Å²) in [4.78, 5) is 4.68. The fourth-order valence-electron chi connectivity index (χ4n) is 2.84. The lowest BCUT2D eigenvalue weighted by molar-refractivity contribution is 0.263. The van der Waals surface area contributed by atoms with Gasteiger partial charge in [-0.25, -0.2) is 4.39 Å². The van der Waals surface area contributed by atoms with E-state index in [2.05, 4.69) is 4.99 Å². The van der Waals surface area contributed by atoms with Crippen LogP contribution in [0.25, 0.3) is 0 Å². The second-order valence-corrected chi connectivity index (χ2v) is 5.52. The first-order chi connectivity index (χ1) is 10.7. The Labute approximate surface area is 129 Å². The lowest BCUT2D eigenvalue weighted by atomic mass is 10.0. The predicted octanol–water partition coefficient (Wildman–Crippen LogP) is 3.16. The van der Waals surface area contributed by atoms with Gasteiger partial charge in [0.2, 0.25) is 0 Å². The lowest BCUT2D eigenvalue weighted by Gasteiger charge is -2.16. The molecular formula is C18H18FNO2. The second-order valence-electron chi connectivity index (χ2n) is 5.52. The van der Waals surface area contributed by atoms with Crippen LogP contribution in [0, 0.1) is 11.7 Å². The van der Waals surface area contributed by atoms with Crippen molar-refractivity contribution in [3.8, 4) is 5.75 Å². The highest BCUT2D eigenvalue weighted by Crippen LogP contribution is 2.57. The van der Waals surface area contributed by atoms with Crippen LogP contribution in [-0.4, -0.2) is 25.0 Å². The molecular weight excluding hydrogens is 281 g/mol. The minimum Gasteiger partial charge on any atom is -0.496 e. The Kier molecular flexibility index (Phi) is 3.94. The smallest absolute Gasteiger partial charge is 0.124 e. The number of halogens is 1. The number of aliphatic hydroxyl groups excluding tert-OH is 1. The molecule has 0 radical (unpaired) electrons. The van der Waals surface area contributed by atoms with Gasteiger partial charge in [0.25, 0.3) is 0 Å². The molecule has 0 saturated heterocycles. The van der Waals surface area contributed by atoms with Gasteiger partial charge in [0, 0.05) is 24.3 Å². The fourth-order valence-corrected chi connectivity index (χ4v) is 2.84. The molecule has 1 saturated carbocycles. The summed E-state index contributed by atoms with van der Waals surface area (Å²) in [6.45, 7) is 0.0196. The van der Waals surface area contributed by atoms with Crippen LogP contribution in [0.1, 0.15) is 17.5 Å². The molecule has 3 rings (SSSR count). The van der Waals surface area contributed by atoms with Gasteiger partial charge in [0.1, 0.15) is 11.6 Å². The van der Waals surface area contributed by atoms with Crippen LogP contribution >= 0.6 is 0 Å². The Bertz CT molecular complexity index is 687. The largest absolute Gasteiger partial charge is 0.496 e. The first-order valence-corrected chi connectivity index (χ1v) is 7.25. The fraction of sp³-hybridized carbons (Fsp3) is 0.278. The highest BCUT2D eigenvalue weighted by Gasteiger charge is 2.56. The van der Waals surface area contributed by atoms with E-state index >= 15 is 0 Å². The summed E-state index contributed by atoms with van der Waals surface area (Å²) in [6.07, 6.45) is 2.46. The molecule has 1 N–H and O–H groups in total. The van der Waals surface area contributed by atoms with Gasteiger partial charge >= 0.3 is 0 Å². The van der Waals surface area contributed by atoms with Crippen molar-refractivity contribution in [3.05, 3.63) is 65.5 Å². The molecule has 4 heteroatoms. The molecule has 2 aromatic rings. The Morgan fingerprint density at radius 1 is 1.32 bits per heavy atom. The third-order valence-corrected chi connectivity index (χ3v) is 4.16. The van der Waals surface area contributed by atoms with Crippen LogP contribution in [-0.2, 0) is 5.54 Å². The third kappa shape index (κ3) is 2.62. The summed E-state index contributed by atoms with van der Waals surface area (Å²) in [5, 5.41) is 9.52. The van der Waals surface area contributed by atoms with E-state index < -0.39 is 5.54 Å². The number of hydrogen-bond acceptors (Lipinski definition) is 3. The number of aliphatic hydroxyl groups is 1. The van der Waals surface area contributed by atoms with Crippen LogP contribution in [0.2, 0.25) is 0 Å². The Morgan fingerprint density at radius 3 is 2.73 bits per heavy atom. The minimum absolute atomic E-state index is 0.0110. The summed E-state index contributed by atoms with van der Waals surface area (Å²) in [7, 11) is 1.56. The molecule has 0 unspecified atom stereocenters. The zero-order valence-corrected chi connectivity index (χ0v) is 12.4. The van der Waals surface area contributed by atoms with Gasteiger partial charge in [-0.15, -0.1) is 0 Å². The second kappa shape index (κ2) is 5.89. The van der Waals surface area contributed by atoms with E-state index in [-0.39, 0.29) is 18.3 Å². The van der Waals surface area contributed by atoms with Crippen molar-refractivity contribution in [1.82, 2.24) is 0 Å². The number of rotatable bonds is 5. The molecule has 0 bridgehead atoms. The van der Waals surface area contributed by atoms with Crippen molar-refractivity contribution in [1.29, 1.82) is 0 Å². The van der Waals surface area contributed by atoms with E-state index in [0.717, 1.165) is 5.56 Å². The van der Waals surface area contributed by atoms with E-state index in [4.69, 9.17) is 4.74 Å². The number of benzene rings is 2. The van der Waals surface area contributed by atoms with E-state index in [1.807, 2.05) is 30.3 Å². The molecule has 1 aliphatic carbocycles. The van der Waals surface area contributed by atoms with Crippen molar-refractivity contribution in [2.45, 2.75) is 12.0 Å². The van der Waals surface area contributed by atoms with E-state index in [9.17, 15) is 9.50 Å². The van der Waals surface area contributed by atoms with Crippen LogP contribution in [0.4, 0.5) is 4.39 Å². The zero-order chi connectivity index (χ0) is 15.6. The summed E-state index contributed by atoms with van der Waals surface area (Å²) >= 11 is 0. The Hall–Kier alpha value is -2.20. The average Bonchev–Trinajstić information content (AvgIpc) is 3.29. The number of nitrogens with zero attached hydrogens (tertiary/aromatic N) is 1. The first kappa shape index (κ1) is 14.7. The van der Waals surface area contributed by atoms with Crippen LogP contribution in [0.15, 0.2) is 53.5 Å². The molecule has 0 heterocycles. The van der Waals surface area contributed by atoms with E-state index in [0.29, 0.717) is 17.7 Å². The maximum absolute atomic E-state index is 13.7. The van der Waals surface area contributed by atoms with Gasteiger partial charge in [-0.3, -0.25) is 4.99 Å². The number of methoxy groups -OCH3 is 1. The molecule has 0 amide bonds. The van der Waals surface area contributed by atoms with Gasteiger partial charge in [0.05, 0.1) is 12.6 Å². The predicted molar refractivity (Wildman–Crippen MR) is 83.9 cm³/mol. The summed E-state index contributed by atoms with van der Waals surface area (Å²) in [5.74, 6) is 0.263. The van der Waals surface area contributed by atoms with Crippen LogP contribution < -0.4 is 4.74 Å². The molecule has 1 fully saturated rings. The molecule has 2 aromatic carbocycles. The highest BCUT2D eigenvalue weighted by atomic mass is 19.1. The van der Waals surface area contributed by atoms with Gasteiger partial charge in [-0.05, 0) is 30.2 Å². The van der Waals surface area contributed by atoms with Crippen molar-refractivity contribution in [2.75, 3.05) is 13.7 Å². The highest BCUT2D eigenvalue weighted by molar-refractivity contribution is 5.80. The van der Waals surface area contributed by atoms with Crippen molar-refractivity contribution in [2.24, 2.45) is 10.9 Å². The summed E-state index contributed by atoms with van der Waals surface area (Å²) < 4.78 is 19.0. The van der Waals surface area contributed by atoms with E-state index in [1.165, 1.54) is 12.1 Å². The number of ether oxygens (including phenoxy) is 1. The zero-order valence-electron chi connectivity index (χ0n) is 12.4. The van der Waals surface area contributed by atoms with Crippen LogP contribution in [0.5, 0.6) is 5.75 Å². The molecule has 2 atom stereocenters. The molecule has 0 aliphatic heterocycles. The standard InChI is InChI=1S/C18H18FNO2/c1-22-17-8-7-15(19)9-16(17)18(10-14(18)12-21)20-11-13-5-3-2-4-6-13/h2-9,11,14,21H,10,12H2,1H3/t14-,18-/m1/s1. The Balaban J connectivity index is 2.00. The SMILES string of the molecule is COc1ccc(F)cc1[C@@]1(N=Cc2ccccc2)C[C@@H]1CO. The van der Waals surface area contributed by atoms with Crippen LogP contribution in [0.3, 0.4) is 0 Å². The quantitative estimate of drug-likeness (QED) is 0.862. The topological polar surface area (TPSA) is 41.8 Å². The molecule has 3 nitrogen and oxygen atoms in total. The number of hydrogen-bond donors (Lipinski definition) is 1. The monoisotopic (exact) mass is 299 g/mol. The average molecular weight is 299 g/mol. The third-order valence-electron chi connectivity index (χ3n) is 4.16. The lowest BCUT2D eigenvalue weighted by Crippen LogP contribution is -2.12. The summed E-state index contributed by atoms with van der Waals surface area (Å²) in [5.41, 5.74) is 1.07. The number of aliphatic imine (C=N–C) groups is 1. The molecule has 22 heavy (non-hydrogen) atoms. The normalized spacial score (nSPS) is 23.7.